The Bertz CT molecular complexity index is 1000. The Morgan fingerprint density at radius 1 is 1.30 bits per heavy atom. The van der Waals surface area contributed by atoms with Gasteiger partial charge < -0.3 is 9.97 Å². The van der Waals surface area contributed by atoms with Gasteiger partial charge >= 0.3 is 0 Å². The van der Waals surface area contributed by atoms with Gasteiger partial charge in [-0.1, -0.05) is 22.0 Å². The molecule has 0 radical (unpaired) electrons. The van der Waals surface area contributed by atoms with Gasteiger partial charge in [0.25, 0.3) is 5.56 Å². The molecule has 1 aliphatic heterocycles. The number of aromatic amines is 3. The van der Waals surface area contributed by atoms with Crippen molar-refractivity contribution in [3.05, 3.63) is 60.8 Å². The highest BCUT2D eigenvalue weighted by molar-refractivity contribution is 9.10. The number of fused-ring (bicyclic) bond motifs is 2. The topological polar surface area (TPSA) is 67.7 Å². The summed E-state index contributed by atoms with van der Waals surface area (Å²) in [5, 5.41) is 1.21. The van der Waals surface area contributed by atoms with Gasteiger partial charge in [-0.05, 0) is 29.9 Å². The van der Waals surface area contributed by atoms with E-state index in [1.165, 1.54) is 10.9 Å². The monoisotopic (exact) mass is 390 g/mol. The highest BCUT2D eigenvalue weighted by Crippen LogP contribution is 2.28. The fourth-order valence-corrected chi connectivity index (χ4v) is 4.06. The Morgan fingerprint density at radius 3 is 3.04 bits per heavy atom. The van der Waals surface area contributed by atoms with Crippen LogP contribution in [0.15, 0.2) is 33.7 Å². The molecule has 4 rings (SSSR count). The zero-order valence-corrected chi connectivity index (χ0v) is 14.7. The number of hydrogen-bond acceptors (Lipinski definition) is 3. The van der Waals surface area contributed by atoms with Gasteiger partial charge in [-0.3, -0.25) is 14.7 Å². The second kappa shape index (κ2) is 5.74. The minimum Gasteiger partial charge on any atom is -0.361 e. The molecule has 23 heavy (non-hydrogen) atoms. The Balaban J connectivity index is 1.65. The molecule has 2 aromatic heterocycles. The molecule has 0 bridgehead atoms. The molecule has 3 aromatic rings. The third-order valence-corrected chi connectivity index (χ3v) is 5.19. The van der Waals surface area contributed by atoms with Crippen molar-refractivity contribution < 1.29 is 0 Å². The molecule has 0 fully saturated rings. The third-order valence-electron chi connectivity index (χ3n) is 4.32. The summed E-state index contributed by atoms with van der Waals surface area (Å²) >= 11 is 8.67. The molecular weight excluding hydrogens is 376 g/mol. The molecule has 1 aliphatic rings. The maximum absolute atomic E-state index is 12.1. The summed E-state index contributed by atoms with van der Waals surface area (Å²) in [5.74, 6) is 0. The van der Waals surface area contributed by atoms with E-state index in [4.69, 9.17) is 12.2 Å². The summed E-state index contributed by atoms with van der Waals surface area (Å²) in [5.41, 5.74) is 4.04. The van der Waals surface area contributed by atoms with E-state index in [2.05, 4.69) is 47.9 Å². The van der Waals surface area contributed by atoms with Crippen molar-refractivity contribution in [2.24, 2.45) is 0 Å². The fraction of sp³-hybridized carbons (Fsp3) is 0.250. The molecule has 0 saturated carbocycles. The molecule has 0 spiro atoms. The highest BCUT2D eigenvalue weighted by Gasteiger charge is 2.21. The van der Waals surface area contributed by atoms with Crippen LogP contribution in [0.2, 0.25) is 0 Å². The molecule has 7 heteroatoms. The minimum atomic E-state index is -0.0754. The van der Waals surface area contributed by atoms with Gasteiger partial charge in [0.2, 0.25) is 0 Å². The number of rotatable bonds is 2. The second-order valence-corrected chi connectivity index (χ2v) is 7.06. The maximum Gasteiger partial charge on any atom is 0.256 e. The van der Waals surface area contributed by atoms with Gasteiger partial charge in [-0.2, -0.15) is 0 Å². The predicted molar refractivity (Wildman–Crippen MR) is 96.1 cm³/mol. The lowest BCUT2D eigenvalue weighted by atomic mass is 10.1. The number of nitrogens with zero attached hydrogens (tertiary/aromatic N) is 1. The molecule has 0 amide bonds. The molecule has 0 unspecified atom stereocenters. The lowest BCUT2D eigenvalue weighted by Crippen LogP contribution is -2.35. The lowest BCUT2D eigenvalue weighted by Gasteiger charge is -2.27. The first-order valence-electron chi connectivity index (χ1n) is 7.43. The number of aromatic nitrogens is 3. The Hall–Kier alpha value is -1.70. The van der Waals surface area contributed by atoms with E-state index in [0.29, 0.717) is 11.3 Å². The normalized spacial score (nSPS) is 15.0. The van der Waals surface area contributed by atoms with Crippen LogP contribution >= 0.6 is 28.1 Å². The SMILES string of the molecule is O=c1[nH]c(=S)[nH]c2c1CN(Cc1c[nH]c3cccc(Br)c13)CC2. The van der Waals surface area contributed by atoms with E-state index in [0.717, 1.165) is 40.8 Å². The van der Waals surface area contributed by atoms with Gasteiger partial charge in [-0.15, -0.1) is 0 Å². The molecule has 3 heterocycles. The van der Waals surface area contributed by atoms with E-state index >= 15 is 0 Å². The van der Waals surface area contributed by atoms with E-state index in [9.17, 15) is 4.79 Å². The second-order valence-electron chi connectivity index (χ2n) is 5.80. The van der Waals surface area contributed by atoms with Crippen molar-refractivity contribution in [3.8, 4) is 0 Å². The van der Waals surface area contributed by atoms with E-state index in [1.807, 2.05) is 12.3 Å². The average molecular weight is 391 g/mol. The summed E-state index contributed by atoms with van der Waals surface area (Å²) in [7, 11) is 0. The van der Waals surface area contributed by atoms with Crippen LogP contribution in [0.4, 0.5) is 0 Å². The van der Waals surface area contributed by atoms with Crippen LogP contribution in [-0.2, 0) is 19.5 Å². The van der Waals surface area contributed by atoms with Crippen LogP contribution in [0.5, 0.6) is 0 Å². The highest BCUT2D eigenvalue weighted by atomic mass is 79.9. The number of H-pyrrole nitrogens is 3. The largest absolute Gasteiger partial charge is 0.361 e. The summed E-state index contributed by atoms with van der Waals surface area (Å²) in [6, 6.07) is 6.14. The van der Waals surface area contributed by atoms with Gasteiger partial charge in [0.15, 0.2) is 4.77 Å². The van der Waals surface area contributed by atoms with Crippen LogP contribution in [0.1, 0.15) is 16.8 Å². The van der Waals surface area contributed by atoms with E-state index in [1.54, 1.807) is 0 Å². The first-order chi connectivity index (χ1) is 11.1. The van der Waals surface area contributed by atoms with Gasteiger partial charge in [0.1, 0.15) is 0 Å². The molecule has 0 aliphatic carbocycles. The molecule has 1 aromatic carbocycles. The standard InChI is InChI=1S/C16H15BrN4OS/c17-11-2-1-3-13-14(11)9(6-18-13)7-21-5-4-12-10(8-21)15(22)20-16(23)19-12/h1-3,6,18H,4-5,7-8H2,(H2,19,20,22,23). The smallest absolute Gasteiger partial charge is 0.256 e. The molecule has 118 valence electrons. The first kappa shape index (κ1) is 14.9. The summed E-state index contributed by atoms with van der Waals surface area (Å²) in [4.78, 5) is 23.5. The van der Waals surface area contributed by atoms with Crippen LogP contribution in [0.25, 0.3) is 10.9 Å². The summed E-state index contributed by atoms with van der Waals surface area (Å²) in [6.45, 7) is 2.34. The lowest BCUT2D eigenvalue weighted by molar-refractivity contribution is 0.242. The summed E-state index contributed by atoms with van der Waals surface area (Å²) < 4.78 is 1.49. The van der Waals surface area contributed by atoms with Crippen molar-refractivity contribution in [2.75, 3.05) is 6.54 Å². The molecule has 0 atom stereocenters. The quantitative estimate of drug-likeness (QED) is 0.588. The number of hydrogen-bond donors (Lipinski definition) is 3. The Kier molecular flexibility index (Phi) is 3.71. The number of halogens is 1. The van der Waals surface area contributed by atoms with Crippen molar-refractivity contribution in [3.63, 3.8) is 0 Å². The van der Waals surface area contributed by atoms with E-state index in [-0.39, 0.29) is 5.56 Å². The first-order valence-corrected chi connectivity index (χ1v) is 8.63. The Morgan fingerprint density at radius 2 is 2.17 bits per heavy atom. The van der Waals surface area contributed by atoms with Crippen molar-refractivity contribution >= 4 is 39.1 Å². The molecule has 3 N–H and O–H groups in total. The van der Waals surface area contributed by atoms with Crippen LogP contribution in [0, 0.1) is 4.77 Å². The van der Waals surface area contributed by atoms with Crippen LogP contribution < -0.4 is 5.56 Å². The van der Waals surface area contributed by atoms with Gasteiger partial charge in [0, 0.05) is 53.3 Å². The van der Waals surface area contributed by atoms with Gasteiger partial charge in [0.05, 0.1) is 5.56 Å². The average Bonchev–Trinajstić information content (AvgIpc) is 2.92. The Labute approximate surface area is 145 Å². The zero-order chi connectivity index (χ0) is 16.0. The molecule has 5 nitrogen and oxygen atoms in total. The zero-order valence-electron chi connectivity index (χ0n) is 12.3. The van der Waals surface area contributed by atoms with Crippen molar-refractivity contribution in [1.82, 2.24) is 19.9 Å². The molecular formula is C16H15BrN4OS. The maximum atomic E-state index is 12.1. The molecule has 0 saturated heterocycles. The number of benzene rings is 1. The predicted octanol–water partition coefficient (Wildman–Crippen LogP) is 3.23. The van der Waals surface area contributed by atoms with Crippen molar-refractivity contribution in [1.29, 1.82) is 0 Å². The van der Waals surface area contributed by atoms with Gasteiger partial charge in [-0.25, -0.2) is 0 Å². The summed E-state index contributed by atoms with van der Waals surface area (Å²) in [6.07, 6.45) is 2.86. The van der Waals surface area contributed by atoms with Crippen molar-refractivity contribution in [2.45, 2.75) is 19.5 Å². The van der Waals surface area contributed by atoms with Crippen LogP contribution in [0.3, 0.4) is 0 Å². The minimum absolute atomic E-state index is 0.0754. The fourth-order valence-electron chi connectivity index (χ4n) is 3.22. The third kappa shape index (κ3) is 2.69. The number of nitrogens with one attached hydrogen (secondary N) is 3. The van der Waals surface area contributed by atoms with E-state index < -0.39 is 0 Å². The van der Waals surface area contributed by atoms with Crippen LogP contribution in [-0.4, -0.2) is 26.4 Å².